The summed E-state index contributed by atoms with van der Waals surface area (Å²) < 4.78 is 2.74. The third-order valence-corrected chi connectivity index (χ3v) is 10.6. The van der Waals surface area contributed by atoms with Crippen LogP contribution in [-0.2, 0) is 0 Å². The molecule has 2 heteroatoms. The smallest absolute Gasteiger partial charge is 0.0712 e. The van der Waals surface area contributed by atoms with E-state index in [1.54, 1.807) is 0 Å². The van der Waals surface area contributed by atoms with Gasteiger partial charge in [-0.2, -0.15) is 0 Å². The molecule has 0 aliphatic heterocycles. The average molecular weight is 722 g/mol. The van der Waals surface area contributed by atoms with E-state index in [-0.39, 0.29) is 0 Å². The molecule has 0 aliphatic carbocycles. The molecule has 1 aromatic heterocycles. The van der Waals surface area contributed by atoms with Crippen molar-refractivity contribution >= 4 is 64.8 Å². The van der Waals surface area contributed by atoms with Gasteiger partial charge in [-0.15, -0.1) is 11.3 Å². The zero-order chi connectivity index (χ0) is 38.6. The summed E-state index contributed by atoms with van der Waals surface area (Å²) in [6.45, 7) is 22.9. The first-order chi connectivity index (χ1) is 26.3. The van der Waals surface area contributed by atoms with Gasteiger partial charge in [-0.1, -0.05) is 178 Å². The van der Waals surface area contributed by atoms with Gasteiger partial charge in [-0.25, -0.2) is 4.99 Å². The molecule has 0 radical (unpaired) electrons. The molecule has 54 heavy (non-hydrogen) atoms. The first-order valence-corrected chi connectivity index (χ1v) is 19.5. The lowest BCUT2D eigenvalue weighted by molar-refractivity contribution is 1.44. The molecular formula is C52H51NS. The molecule has 0 unspecified atom stereocenters. The summed E-state index contributed by atoms with van der Waals surface area (Å²) in [5, 5.41) is 5.38. The maximum absolute atomic E-state index is 4.85. The molecule has 6 aromatic carbocycles. The van der Waals surface area contributed by atoms with Gasteiger partial charge in [-0.3, -0.25) is 0 Å². The van der Waals surface area contributed by atoms with Crippen molar-refractivity contribution in [1.82, 2.24) is 0 Å². The third-order valence-electron chi connectivity index (χ3n) is 9.42. The first-order valence-electron chi connectivity index (χ1n) is 18.7. The maximum Gasteiger partial charge on any atom is 0.0712 e. The van der Waals surface area contributed by atoms with E-state index < -0.39 is 0 Å². The number of rotatable bonds is 8. The van der Waals surface area contributed by atoms with Crippen LogP contribution in [-0.4, -0.2) is 5.71 Å². The Hall–Kier alpha value is -5.83. The molecule has 0 atom stereocenters. The summed E-state index contributed by atoms with van der Waals surface area (Å²) >= 11 is 1.90. The Balaban J connectivity index is 0.000000199. The standard InChI is InChI=1S/C25H23N.C25H22S.C2H6/c1-19-14-16-22(17-15-19)20(2)18-25(24-12-8-5-9-13-24)26-21(3)23-10-6-4-7-11-23;1-5-9-16(3)19(6-2)20-14-12-18-13-15-22-21-10-7-8-11-23(21)26-25(22)24(18)17(20)4;1-2/h4-18H,3H2,1-2H3;5-15H,2H2,1,3-4H3;1-2H3/b20-18+,26-25?;9-5-,19-16+;. The highest BCUT2D eigenvalue weighted by atomic mass is 32.1. The van der Waals surface area contributed by atoms with Crippen LogP contribution in [0.2, 0.25) is 0 Å². The van der Waals surface area contributed by atoms with Crippen molar-refractivity contribution in [2.45, 2.75) is 48.5 Å². The van der Waals surface area contributed by atoms with Gasteiger partial charge in [0.05, 0.1) is 11.4 Å². The largest absolute Gasteiger partial charge is 0.248 e. The van der Waals surface area contributed by atoms with E-state index in [9.17, 15) is 0 Å². The molecule has 7 aromatic rings. The zero-order valence-electron chi connectivity index (χ0n) is 32.8. The summed E-state index contributed by atoms with van der Waals surface area (Å²) in [6, 6.07) is 46.6. The van der Waals surface area contributed by atoms with Crippen LogP contribution >= 0.6 is 11.3 Å². The predicted molar refractivity (Wildman–Crippen MR) is 244 cm³/mol. The Morgan fingerprint density at radius 2 is 1.28 bits per heavy atom. The van der Waals surface area contributed by atoms with Crippen molar-refractivity contribution in [3.8, 4) is 0 Å². The van der Waals surface area contributed by atoms with Gasteiger partial charge in [0.15, 0.2) is 0 Å². The highest BCUT2D eigenvalue weighted by Crippen LogP contribution is 2.41. The van der Waals surface area contributed by atoms with E-state index in [4.69, 9.17) is 4.99 Å². The van der Waals surface area contributed by atoms with Gasteiger partial charge in [-0.05, 0) is 91.1 Å². The number of benzene rings is 6. The summed E-state index contributed by atoms with van der Waals surface area (Å²) in [7, 11) is 0. The van der Waals surface area contributed by atoms with Gasteiger partial charge in [0, 0.05) is 31.1 Å². The third kappa shape index (κ3) is 9.02. The highest BCUT2D eigenvalue weighted by Gasteiger charge is 2.14. The molecule has 1 heterocycles. The second kappa shape index (κ2) is 18.8. The molecule has 0 saturated carbocycles. The fourth-order valence-corrected chi connectivity index (χ4v) is 7.93. The lowest BCUT2D eigenvalue weighted by Gasteiger charge is -2.13. The minimum absolute atomic E-state index is 0.761. The number of aliphatic imine (C=N–C) groups is 1. The Morgan fingerprint density at radius 1 is 0.667 bits per heavy atom. The number of thiophene rings is 1. The second-order valence-electron chi connectivity index (χ2n) is 13.0. The number of hydrogen-bond donors (Lipinski definition) is 0. The van der Waals surface area contributed by atoms with Crippen LogP contribution in [0.25, 0.3) is 47.8 Å². The fourth-order valence-electron chi connectivity index (χ4n) is 6.61. The van der Waals surface area contributed by atoms with Crippen molar-refractivity contribution in [1.29, 1.82) is 0 Å². The van der Waals surface area contributed by atoms with Gasteiger partial charge in [0.25, 0.3) is 0 Å². The van der Waals surface area contributed by atoms with Crippen molar-refractivity contribution < 1.29 is 0 Å². The predicted octanol–water partition coefficient (Wildman–Crippen LogP) is 15.6. The maximum atomic E-state index is 4.85. The van der Waals surface area contributed by atoms with E-state index in [2.05, 4.69) is 151 Å². The fraction of sp³-hybridized carbons (Fsp3) is 0.135. The number of aryl methyl sites for hydroxylation is 2. The van der Waals surface area contributed by atoms with Gasteiger partial charge in [0.2, 0.25) is 0 Å². The van der Waals surface area contributed by atoms with E-state index in [1.165, 1.54) is 69.9 Å². The van der Waals surface area contributed by atoms with Crippen LogP contribution < -0.4 is 0 Å². The monoisotopic (exact) mass is 721 g/mol. The molecule has 0 fully saturated rings. The molecule has 0 N–H and O–H groups in total. The van der Waals surface area contributed by atoms with Crippen molar-refractivity contribution in [3.05, 3.63) is 210 Å². The van der Waals surface area contributed by atoms with Crippen molar-refractivity contribution in [3.63, 3.8) is 0 Å². The number of hydrogen-bond acceptors (Lipinski definition) is 2. The molecular weight excluding hydrogens is 671 g/mol. The van der Waals surface area contributed by atoms with Crippen LogP contribution in [0.4, 0.5) is 0 Å². The number of fused-ring (bicyclic) bond motifs is 5. The molecule has 0 bridgehead atoms. The number of nitrogens with zero attached hydrogens (tertiary/aromatic N) is 1. The van der Waals surface area contributed by atoms with E-state index in [0.717, 1.165) is 22.5 Å². The van der Waals surface area contributed by atoms with Crippen LogP contribution in [0.15, 0.2) is 181 Å². The lowest BCUT2D eigenvalue weighted by atomic mass is 9.91. The minimum atomic E-state index is 0.761. The molecule has 0 aliphatic rings. The van der Waals surface area contributed by atoms with E-state index >= 15 is 0 Å². The molecule has 0 spiro atoms. The van der Waals surface area contributed by atoms with Gasteiger partial charge in [0.1, 0.15) is 0 Å². The zero-order valence-corrected chi connectivity index (χ0v) is 33.6. The highest BCUT2D eigenvalue weighted by molar-refractivity contribution is 7.26. The topological polar surface area (TPSA) is 12.4 Å². The lowest BCUT2D eigenvalue weighted by Crippen LogP contribution is -1.99. The van der Waals surface area contributed by atoms with Gasteiger partial charge < -0.3 is 0 Å². The number of allylic oxidation sites excluding steroid dienone is 7. The Labute approximate surface area is 326 Å². The quantitative estimate of drug-likeness (QED) is 0.109. The van der Waals surface area contributed by atoms with Crippen LogP contribution in [0.1, 0.15) is 68.0 Å². The Bertz CT molecular complexity index is 2500. The average Bonchev–Trinajstić information content (AvgIpc) is 3.59. The van der Waals surface area contributed by atoms with E-state index in [1.807, 2.05) is 79.8 Å². The Kier molecular flexibility index (Phi) is 13.7. The van der Waals surface area contributed by atoms with Crippen LogP contribution in [0.5, 0.6) is 0 Å². The summed E-state index contributed by atoms with van der Waals surface area (Å²) in [5.74, 6) is 0. The molecule has 0 saturated heterocycles. The molecule has 7 rings (SSSR count). The first kappa shape index (κ1) is 39.4. The summed E-state index contributed by atoms with van der Waals surface area (Å²) in [4.78, 5) is 4.85. The Morgan fingerprint density at radius 3 is 1.93 bits per heavy atom. The summed E-state index contributed by atoms with van der Waals surface area (Å²) in [5.41, 5.74) is 12.5. The van der Waals surface area contributed by atoms with Gasteiger partial charge >= 0.3 is 0 Å². The molecule has 0 amide bonds. The van der Waals surface area contributed by atoms with Crippen molar-refractivity contribution in [2.75, 3.05) is 0 Å². The molecule has 270 valence electrons. The summed E-state index contributed by atoms with van der Waals surface area (Å²) in [6.07, 6.45) is 8.35. The normalized spacial score (nSPS) is 12.2. The molecule has 1 nitrogen and oxygen atoms in total. The van der Waals surface area contributed by atoms with Crippen molar-refractivity contribution in [2.24, 2.45) is 4.99 Å². The second-order valence-corrected chi connectivity index (χ2v) is 14.1. The SMILES string of the molecule is C=C(N=C(/C=C(\C)c1ccc(C)cc1)c1ccccc1)c1ccccc1.C=C/C(=C(C)\C=C/C)c1ccc2ccc3c4ccccc4sc3c2c1C.CC. The minimum Gasteiger partial charge on any atom is -0.248 e. The van der Waals surface area contributed by atoms with E-state index in [0.29, 0.717) is 0 Å². The van der Waals surface area contributed by atoms with Crippen LogP contribution in [0.3, 0.4) is 0 Å². The van der Waals surface area contributed by atoms with Crippen LogP contribution in [0, 0.1) is 13.8 Å².